The van der Waals surface area contributed by atoms with Gasteiger partial charge in [0.05, 0.1) is 7.11 Å². The van der Waals surface area contributed by atoms with E-state index in [1.807, 2.05) is 12.1 Å². The zero-order valence-corrected chi connectivity index (χ0v) is 7.68. The second-order valence-electron chi connectivity index (χ2n) is 2.03. The van der Waals surface area contributed by atoms with Gasteiger partial charge in [0.25, 0.3) is 0 Å². The minimum atomic E-state index is 0.770. The Hall–Kier alpha value is -0.830. The molecular weight excluding hydrogens is 206 g/mol. The minimum absolute atomic E-state index is 0.770. The van der Waals surface area contributed by atoms with Gasteiger partial charge in [-0.1, -0.05) is 15.9 Å². The Balaban J connectivity index is 3.12. The predicted molar refractivity (Wildman–Crippen MR) is 48.6 cm³/mol. The van der Waals surface area contributed by atoms with Crippen molar-refractivity contribution in [2.24, 2.45) is 0 Å². The second kappa shape index (κ2) is 3.53. The van der Waals surface area contributed by atoms with Crippen LogP contribution in [0.5, 0.6) is 5.75 Å². The molecular formula is C8H8BrNO. The van der Waals surface area contributed by atoms with Crippen molar-refractivity contribution >= 4 is 22.1 Å². The van der Waals surface area contributed by atoms with E-state index in [9.17, 15) is 0 Å². The van der Waals surface area contributed by atoms with Gasteiger partial charge in [0.15, 0.2) is 0 Å². The van der Waals surface area contributed by atoms with E-state index in [0.29, 0.717) is 0 Å². The Morgan fingerprint density at radius 1 is 1.55 bits per heavy atom. The molecule has 1 rings (SSSR count). The average Bonchev–Trinajstić information content (AvgIpc) is 2.05. The third-order valence-corrected chi connectivity index (χ3v) is 2.08. The van der Waals surface area contributed by atoms with Gasteiger partial charge in [-0.25, -0.2) is 0 Å². The molecule has 0 saturated carbocycles. The van der Waals surface area contributed by atoms with Gasteiger partial charge in [0.2, 0.25) is 0 Å². The number of hydrogen-bond acceptors (Lipinski definition) is 2. The third-order valence-electron chi connectivity index (χ3n) is 1.36. The van der Waals surface area contributed by atoms with E-state index >= 15 is 0 Å². The van der Waals surface area contributed by atoms with Gasteiger partial charge in [0.1, 0.15) is 5.75 Å². The molecule has 0 aromatic heterocycles. The van der Waals surface area contributed by atoms with Crippen LogP contribution in [-0.4, -0.2) is 13.3 Å². The maximum absolute atomic E-state index is 7.05. The first-order chi connectivity index (χ1) is 5.27. The lowest BCUT2D eigenvalue weighted by molar-refractivity contribution is 0.414. The molecule has 0 fully saturated rings. The van der Waals surface area contributed by atoms with Crippen molar-refractivity contribution in [1.29, 1.82) is 5.41 Å². The Labute approximate surface area is 73.8 Å². The van der Waals surface area contributed by atoms with Crippen LogP contribution >= 0.6 is 15.9 Å². The minimum Gasteiger partial charge on any atom is -0.497 e. The van der Waals surface area contributed by atoms with E-state index < -0.39 is 0 Å². The second-order valence-corrected chi connectivity index (χ2v) is 2.89. The molecule has 2 nitrogen and oxygen atoms in total. The molecule has 0 aliphatic carbocycles. The molecule has 58 valence electrons. The van der Waals surface area contributed by atoms with Crippen molar-refractivity contribution in [2.45, 2.75) is 0 Å². The Morgan fingerprint density at radius 2 is 2.27 bits per heavy atom. The largest absolute Gasteiger partial charge is 0.497 e. The molecule has 0 saturated heterocycles. The lowest BCUT2D eigenvalue weighted by Crippen LogP contribution is -1.86. The van der Waals surface area contributed by atoms with Crippen LogP contribution in [-0.2, 0) is 0 Å². The number of methoxy groups -OCH3 is 1. The number of ether oxygens (including phenoxy) is 1. The maximum Gasteiger partial charge on any atom is 0.119 e. The molecule has 1 aromatic rings. The fourth-order valence-corrected chi connectivity index (χ4v) is 1.12. The quantitative estimate of drug-likeness (QED) is 0.753. The molecule has 11 heavy (non-hydrogen) atoms. The van der Waals surface area contributed by atoms with E-state index in [2.05, 4.69) is 15.9 Å². The fraction of sp³-hybridized carbons (Fsp3) is 0.125. The fourth-order valence-electron chi connectivity index (χ4n) is 0.759. The lowest BCUT2D eigenvalue weighted by atomic mass is 10.2. The molecule has 0 heterocycles. The van der Waals surface area contributed by atoms with E-state index in [-0.39, 0.29) is 0 Å². The predicted octanol–water partition coefficient (Wildman–Crippen LogP) is 2.46. The van der Waals surface area contributed by atoms with Crippen LogP contribution in [0.4, 0.5) is 0 Å². The van der Waals surface area contributed by atoms with Gasteiger partial charge in [0, 0.05) is 16.3 Å². The number of benzene rings is 1. The highest BCUT2D eigenvalue weighted by molar-refractivity contribution is 9.10. The average molecular weight is 214 g/mol. The number of nitrogens with one attached hydrogen (secondary N) is 1. The van der Waals surface area contributed by atoms with Crippen molar-refractivity contribution in [3.8, 4) is 5.75 Å². The Bertz CT molecular complexity index is 273. The van der Waals surface area contributed by atoms with Gasteiger partial charge in [-0.05, 0) is 18.2 Å². The van der Waals surface area contributed by atoms with Gasteiger partial charge in [-0.3, -0.25) is 0 Å². The summed E-state index contributed by atoms with van der Waals surface area (Å²) < 4.78 is 5.90. The molecule has 0 radical (unpaired) electrons. The highest BCUT2D eigenvalue weighted by Gasteiger charge is 1.97. The molecule has 0 aliphatic heterocycles. The zero-order chi connectivity index (χ0) is 8.27. The van der Waals surface area contributed by atoms with Crippen LogP contribution in [0.1, 0.15) is 5.56 Å². The molecule has 0 unspecified atom stereocenters. The van der Waals surface area contributed by atoms with Gasteiger partial charge < -0.3 is 10.1 Å². The maximum atomic E-state index is 7.05. The number of rotatable bonds is 2. The van der Waals surface area contributed by atoms with Crippen LogP contribution in [0.25, 0.3) is 0 Å². The number of hydrogen-bond donors (Lipinski definition) is 1. The highest BCUT2D eigenvalue weighted by atomic mass is 79.9. The van der Waals surface area contributed by atoms with Gasteiger partial charge >= 0.3 is 0 Å². The highest BCUT2D eigenvalue weighted by Crippen LogP contribution is 2.20. The van der Waals surface area contributed by atoms with E-state index in [0.717, 1.165) is 15.8 Å². The van der Waals surface area contributed by atoms with Gasteiger partial charge in [-0.2, -0.15) is 0 Å². The van der Waals surface area contributed by atoms with Crippen LogP contribution in [0.3, 0.4) is 0 Å². The molecule has 1 aromatic carbocycles. The summed E-state index contributed by atoms with van der Waals surface area (Å²) in [5.74, 6) is 0.770. The van der Waals surface area contributed by atoms with Crippen LogP contribution in [0.2, 0.25) is 0 Å². The molecule has 0 atom stereocenters. The number of halogens is 1. The Kier molecular flexibility index (Phi) is 2.65. The third kappa shape index (κ3) is 1.80. The van der Waals surface area contributed by atoms with Crippen molar-refractivity contribution < 1.29 is 4.74 Å². The van der Waals surface area contributed by atoms with Crippen molar-refractivity contribution in [2.75, 3.05) is 7.11 Å². The Morgan fingerprint density at radius 3 is 2.82 bits per heavy atom. The SMILES string of the molecule is COc1ccc(Br)c(C=N)c1. The summed E-state index contributed by atoms with van der Waals surface area (Å²) in [6.07, 6.45) is 1.28. The first-order valence-corrected chi connectivity index (χ1v) is 3.91. The molecule has 0 aliphatic rings. The molecule has 0 spiro atoms. The van der Waals surface area contributed by atoms with Crippen molar-refractivity contribution in [1.82, 2.24) is 0 Å². The molecule has 1 N–H and O–H groups in total. The normalized spacial score (nSPS) is 9.27. The summed E-state index contributed by atoms with van der Waals surface area (Å²) in [6.45, 7) is 0. The van der Waals surface area contributed by atoms with E-state index in [1.165, 1.54) is 6.21 Å². The van der Waals surface area contributed by atoms with E-state index in [1.54, 1.807) is 13.2 Å². The summed E-state index contributed by atoms with van der Waals surface area (Å²) in [7, 11) is 1.61. The summed E-state index contributed by atoms with van der Waals surface area (Å²) >= 11 is 3.31. The standard InChI is InChI=1S/C8H8BrNO/c1-11-7-2-3-8(9)6(4-7)5-10/h2-5,10H,1H3. The van der Waals surface area contributed by atoms with Crippen LogP contribution < -0.4 is 4.74 Å². The zero-order valence-electron chi connectivity index (χ0n) is 6.10. The summed E-state index contributed by atoms with van der Waals surface area (Å²) in [6, 6.07) is 5.51. The smallest absolute Gasteiger partial charge is 0.119 e. The van der Waals surface area contributed by atoms with Crippen molar-refractivity contribution in [3.05, 3.63) is 28.2 Å². The molecule has 3 heteroatoms. The summed E-state index contributed by atoms with van der Waals surface area (Å²) in [4.78, 5) is 0. The van der Waals surface area contributed by atoms with Gasteiger partial charge in [-0.15, -0.1) is 0 Å². The summed E-state index contributed by atoms with van der Waals surface area (Å²) in [5.41, 5.74) is 0.823. The summed E-state index contributed by atoms with van der Waals surface area (Å²) in [5, 5.41) is 7.05. The first-order valence-electron chi connectivity index (χ1n) is 3.12. The lowest BCUT2D eigenvalue weighted by Gasteiger charge is -2.01. The van der Waals surface area contributed by atoms with Crippen molar-refractivity contribution in [3.63, 3.8) is 0 Å². The monoisotopic (exact) mass is 213 g/mol. The van der Waals surface area contributed by atoms with E-state index in [4.69, 9.17) is 10.1 Å². The van der Waals surface area contributed by atoms with Crippen LogP contribution in [0, 0.1) is 5.41 Å². The topological polar surface area (TPSA) is 33.1 Å². The molecule has 0 amide bonds. The molecule has 0 bridgehead atoms. The van der Waals surface area contributed by atoms with Crippen LogP contribution in [0.15, 0.2) is 22.7 Å². The first kappa shape index (κ1) is 8.27.